The van der Waals surface area contributed by atoms with Crippen molar-refractivity contribution in [2.24, 2.45) is 0 Å². The second-order valence-corrected chi connectivity index (χ2v) is 18.3. The molecule has 0 saturated heterocycles. The summed E-state index contributed by atoms with van der Waals surface area (Å²) in [6.45, 7) is 7.31. The maximum atomic E-state index is 6.71. The number of rotatable bonds is 4. The first-order valence-corrected chi connectivity index (χ1v) is 19.4. The highest BCUT2D eigenvalue weighted by molar-refractivity contribution is 6.89. The summed E-state index contributed by atoms with van der Waals surface area (Å²) in [5.74, 6) is 0. The number of hydrogen-bond donors (Lipinski definition) is 0. The van der Waals surface area contributed by atoms with Crippen molar-refractivity contribution in [2.75, 3.05) is 0 Å². The van der Waals surface area contributed by atoms with Crippen LogP contribution in [0, 0.1) is 0 Å². The molecule has 0 atom stereocenters. The Hall–Kier alpha value is -5.45. The fourth-order valence-corrected chi connectivity index (χ4v) is 8.69. The molecular weight excluding hydrogens is 577 g/mol. The van der Waals surface area contributed by atoms with Crippen LogP contribution in [0.5, 0.6) is 0 Å². The van der Waals surface area contributed by atoms with Crippen molar-refractivity contribution in [3.05, 3.63) is 140 Å². The minimum Gasteiger partial charge on any atom is -0.455 e. The van der Waals surface area contributed by atoms with Crippen molar-refractivity contribution in [1.29, 1.82) is 0 Å². The molecule has 220 valence electrons. The van der Waals surface area contributed by atoms with Gasteiger partial charge in [-0.25, -0.2) is 0 Å². The van der Waals surface area contributed by atoms with Gasteiger partial charge in [-0.15, -0.1) is 0 Å². The highest BCUT2D eigenvalue weighted by Gasteiger charge is 2.25. The first-order chi connectivity index (χ1) is 22.5. The Kier molecular flexibility index (Phi) is 5.87. The second kappa shape index (κ2) is 10.0. The molecule has 46 heavy (non-hydrogen) atoms. The van der Waals surface area contributed by atoms with Gasteiger partial charge in [-0.05, 0) is 52.0 Å². The lowest BCUT2D eigenvalue weighted by Crippen LogP contribution is -2.40. The predicted octanol–water partition coefficient (Wildman–Crippen LogP) is 11.1. The van der Waals surface area contributed by atoms with Crippen LogP contribution in [0.1, 0.15) is 0 Å². The fraction of sp³-hybridized carbons (Fsp3) is 0.0714. The quantitative estimate of drug-likeness (QED) is 0.186. The third-order valence-corrected chi connectivity index (χ3v) is 11.4. The molecule has 0 radical (unpaired) electrons. The van der Waals surface area contributed by atoms with Crippen molar-refractivity contribution in [1.82, 2.24) is 9.55 Å². The van der Waals surface area contributed by atoms with Crippen LogP contribution < -0.4 is 5.19 Å². The van der Waals surface area contributed by atoms with Gasteiger partial charge in [0, 0.05) is 44.4 Å². The van der Waals surface area contributed by atoms with Gasteiger partial charge in [-0.2, -0.15) is 0 Å². The van der Waals surface area contributed by atoms with Crippen molar-refractivity contribution in [3.8, 4) is 28.1 Å². The lowest BCUT2D eigenvalue weighted by atomic mass is 10.0. The molecule has 0 aliphatic rings. The summed E-state index contributed by atoms with van der Waals surface area (Å²) in [5, 5.41) is 8.33. The molecule has 0 saturated carbocycles. The average Bonchev–Trinajstić information content (AvgIpc) is 3.64. The smallest absolute Gasteiger partial charge is 0.144 e. The fourth-order valence-electron chi connectivity index (χ4n) is 7.14. The van der Waals surface area contributed by atoms with Gasteiger partial charge in [0.15, 0.2) is 0 Å². The molecular formula is C42H32N2OSi. The van der Waals surface area contributed by atoms with E-state index in [0.717, 1.165) is 49.5 Å². The van der Waals surface area contributed by atoms with E-state index >= 15 is 0 Å². The highest BCUT2D eigenvalue weighted by atomic mass is 28.3. The van der Waals surface area contributed by atoms with Crippen LogP contribution in [0.15, 0.2) is 144 Å². The van der Waals surface area contributed by atoms with Crippen LogP contribution in [0.3, 0.4) is 0 Å². The zero-order valence-electron chi connectivity index (χ0n) is 26.1. The molecule has 0 aliphatic carbocycles. The zero-order valence-corrected chi connectivity index (χ0v) is 27.1. The Labute approximate surface area is 268 Å². The molecule has 0 bridgehead atoms. The Morgan fingerprint density at radius 1 is 0.543 bits per heavy atom. The molecule has 0 unspecified atom stereocenters. The Bertz CT molecular complexity index is 2620. The molecule has 6 aromatic carbocycles. The topological polar surface area (TPSA) is 31.0 Å². The molecule has 3 heterocycles. The van der Waals surface area contributed by atoms with E-state index in [1.165, 1.54) is 38.3 Å². The molecule has 4 heteroatoms. The summed E-state index contributed by atoms with van der Waals surface area (Å²) in [7, 11) is -1.78. The normalized spacial score (nSPS) is 12.2. The highest BCUT2D eigenvalue weighted by Crippen LogP contribution is 2.40. The molecule has 0 aliphatic heterocycles. The summed E-state index contributed by atoms with van der Waals surface area (Å²) in [6, 6.07) is 47.9. The van der Waals surface area contributed by atoms with Gasteiger partial charge in [-0.1, -0.05) is 123 Å². The van der Waals surface area contributed by atoms with Crippen molar-refractivity contribution < 1.29 is 4.42 Å². The van der Waals surface area contributed by atoms with Crippen LogP contribution in [0.25, 0.3) is 82.6 Å². The SMILES string of the molecule is C[Si](C)(C)c1cc(-c2ccccc2)ccc1-n1c2ccccc2c2cnc(-c3cccc4c3oc3c5ccccc5ccc43)cc21. The Balaban J connectivity index is 1.31. The molecule has 0 fully saturated rings. The van der Waals surface area contributed by atoms with Gasteiger partial charge in [0.05, 0.1) is 24.8 Å². The Morgan fingerprint density at radius 2 is 1.28 bits per heavy atom. The zero-order chi connectivity index (χ0) is 31.0. The minimum absolute atomic E-state index is 0.873. The van der Waals surface area contributed by atoms with Gasteiger partial charge in [0.25, 0.3) is 0 Å². The maximum absolute atomic E-state index is 6.71. The summed E-state index contributed by atoms with van der Waals surface area (Å²) in [6.07, 6.45) is 2.05. The summed E-state index contributed by atoms with van der Waals surface area (Å²) in [5.41, 5.74) is 9.79. The van der Waals surface area contributed by atoms with E-state index in [9.17, 15) is 0 Å². The number of pyridine rings is 1. The standard InChI is InChI=1S/C42H32N2OSi/c1-46(2,3)40-24-29(27-12-5-4-6-13-27)21-23-38(40)44-37-19-10-9-16-31(37)35-26-43-36(25-39(35)44)34-18-11-17-32-33-22-20-28-14-7-8-15-30(28)41(33)45-42(32)34/h4-26H,1-3H3. The summed E-state index contributed by atoms with van der Waals surface area (Å²) < 4.78 is 9.18. The monoisotopic (exact) mass is 608 g/mol. The van der Waals surface area contributed by atoms with Gasteiger partial charge in [-0.3, -0.25) is 4.98 Å². The Morgan fingerprint density at radius 3 is 2.13 bits per heavy atom. The molecule has 3 nitrogen and oxygen atoms in total. The third-order valence-electron chi connectivity index (χ3n) is 9.38. The van der Waals surface area contributed by atoms with Crippen LogP contribution in [-0.4, -0.2) is 17.6 Å². The number of furan rings is 1. The maximum Gasteiger partial charge on any atom is 0.144 e. The third kappa shape index (κ3) is 4.07. The number of fused-ring (bicyclic) bond motifs is 8. The van der Waals surface area contributed by atoms with Crippen LogP contribution in [0.2, 0.25) is 19.6 Å². The lowest BCUT2D eigenvalue weighted by Gasteiger charge is -2.24. The van der Waals surface area contributed by atoms with Crippen LogP contribution >= 0.6 is 0 Å². The van der Waals surface area contributed by atoms with Crippen molar-refractivity contribution in [2.45, 2.75) is 19.6 Å². The largest absolute Gasteiger partial charge is 0.455 e. The van der Waals surface area contributed by atoms with Crippen molar-refractivity contribution >= 4 is 67.8 Å². The number of nitrogens with zero attached hydrogens (tertiary/aromatic N) is 2. The van der Waals surface area contributed by atoms with Gasteiger partial charge >= 0.3 is 0 Å². The minimum atomic E-state index is -1.78. The molecule has 0 N–H and O–H groups in total. The molecule has 0 spiro atoms. The predicted molar refractivity (Wildman–Crippen MR) is 197 cm³/mol. The van der Waals surface area contributed by atoms with Gasteiger partial charge < -0.3 is 8.98 Å². The lowest BCUT2D eigenvalue weighted by molar-refractivity contribution is 0.673. The summed E-state index contributed by atoms with van der Waals surface area (Å²) in [4.78, 5) is 5.08. The van der Waals surface area contributed by atoms with E-state index in [2.05, 4.69) is 158 Å². The molecule has 9 rings (SSSR count). The van der Waals surface area contributed by atoms with E-state index in [-0.39, 0.29) is 0 Å². The molecule has 3 aromatic heterocycles. The first kappa shape index (κ1) is 26.9. The number of aromatic nitrogens is 2. The van der Waals surface area contributed by atoms with Crippen LogP contribution in [-0.2, 0) is 0 Å². The van der Waals surface area contributed by atoms with Crippen LogP contribution in [0.4, 0.5) is 0 Å². The van der Waals surface area contributed by atoms with E-state index in [1.807, 2.05) is 6.20 Å². The van der Waals surface area contributed by atoms with E-state index < -0.39 is 8.07 Å². The number of hydrogen-bond acceptors (Lipinski definition) is 2. The molecule has 0 amide bonds. The number of para-hydroxylation sites is 2. The average molecular weight is 609 g/mol. The van der Waals surface area contributed by atoms with Crippen molar-refractivity contribution in [3.63, 3.8) is 0 Å². The molecule has 9 aromatic rings. The van der Waals surface area contributed by atoms with E-state index in [4.69, 9.17) is 9.40 Å². The second-order valence-electron chi connectivity index (χ2n) is 13.2. The summed E-state index contributed by atoms with van der Waals surface area (Å²) >= 11 is 0. The van der Waals surface area contributed by atoms with E-state index in [0.29, 0.717) is 0 Å². The van der Waals surface area contributed by atoms with Gasteiger partial charge in [0.1, 0.15) is 11.2 Å². The van der Waals surface area contributed by atoms with E-state index in [1.54, 1.807) is 0 Å². The van der Waals surface area contributed by atoms with Gasteiger partial charge in [0.2, 0.25) is 0 Å². The number of benzene rings is 6. The first-order valence-electron chi connectivity index (χ1n) is 15.9.